The lowest BCUT2D eigenvalue weighted by atomic mass is 10.3. The summed E-state index contributed by atoms with van der Waals surface area (Å²) in [5, 5.41) is 3.09. The zero-order valence-corrected chi connectivity index (χ0v) is 12.0. The zero-order valence-electron chi connectivity index (χ0n) is 10.3. The van der Waals surface area contributed by atoms with Gasteiger partial charge in [0, 0.05) is 37.6 Å². The molecule has 102 valence electrons. The van der Waals surface area contributed by atoms with Gasteiger partial charge in [-0.25, -0.2) is 18.4 Å². The second-order valence-electron chi connectivity index (χ2n) is 4.20. The molecular weight excluding hydrogens is 276 g/mol. The number of nitrogens with one attached hydrogen (secondary N) is 1. The molecule has 2 heterocycles. The molecule has 1 fully saturated rings. The van der Waals surface area contributed by atoms with Crippen LogP contribution in [-0.4, -0.2) is 48.4 Å². The van der Waals surface area contributed by atoms with Crippen molar-refractivity contribution < 1.29 is 8.42 Å². The van der Waals surface area contributed by atoms with Crippen LogP contribution in [0.15, 0.2) is 17.4 Å². The lowest BCUT2D eigenvalue weighted by Crippen LogP contribution is -2.51. The van der Waals surface area contributed by atoms with Crippen LogP contribution in [0.3, 0.4) is 0 Å². The summed E-state index contributed by atoms with van der Waals surface area (Å²) in [5.74, 6) is 0. The molecule has 8 heteroatoms. The Kier molecular flexibility index (Phi) is 5.03. The average Bonchev–Trinajstić information content (AvgIpc) is 2.29. The number of aryl methyl sites for hydroxylation is 1. The van der Waals surface area contributed by atoms with E-state index in [0.29, 0.717) is 25.3 Å². The number of piperazine rings is 1. The van der Waals surface area contributed by atoms with Crippen molar-refractivity contribution in [3.05, 3.63) is 18.0 Å². The summed E-state index contributed by atoms with van der Waals surface area (Å²) in [6.45, 7) is 5.29. The molecule has 0 bridgehead atoms. The van der Waals surface area contributed by atoms with Gasteiger partial charge < -0.3 is 5.32 Å². The Hall–Kier alpha value is -0.760. The lowest BCUT2D eigenvalue weighted by molar-refractivity contribution is 0.308. The quantitative estimate of drug-likeness (QED) is 0.788. The first-order valence-electron chi connectivity index (χ1n) is 5.53. The second kappa shape index (κ2) is 5.92. The van der Waals surface area contributed by atoms with Crippen LogP contribution < -0.4 is 5.32 Å². The summed E-state index contributed by atoms with van der Waals surface area (Å²) < 4.78 is 25.9. The van der Waals surface area contributed by atoms with Crippen molar-refractivity contribution in [2.45, 2.75) is 25.0 Å². The first-order valence-corrected chi connectivity index (χ1v) is 6.97. The van der Waals surface area contributed by atoms with E-state index in [-0.39, 0.29) is 23.6 Å². The summed E-state index contributed by atoms with van der Waals surface area (Å²) in [6.07, 6.45) is 1.47. The van der Waals surface area contributed by atoms with Gasteiger partial charge in [-0.05, 0) is 19.9 Å². The van der Waals surface area contributed by atoms with E-state index < -0.39 is 10.0 Å². The van der Waals surface area contributed by atoms with Crippen LogP contribution in [0.25, 0.3) is 0 Å². The molecule has 1 saturated heterocycles. The van der Waals surface area contributed by atoms with Crippen LogP contribution in [-0.2, 0) is 10.0 Å². The first-order chi connectivity index (χ1) is 8.00. The van der Waals surface area contributed by atoms with Gasteiger partial charge in [0.1, 0.15) is 0 Å². The van der Waals surface area contributed by atoms with Crippen molar-refractivity contribution in [2.24, 2.45) is 0 Å². The van der Waals surface area contributed by atoms with Crippen molar-refractivity contribution in [2.75, 3.05) is 19.6 Å². The molecule has 1 aromatic rings. The second-order valence-corrected chi connectivity index (χ2v) is 6.03. The highest BCUT2D eigenvalue weighted by Crippen LogP contribution is 2.13. The molecule has 0 aliphatic carbocycles. The minimum absolute atomic E-state index is 0. The molecule has 2 rings (SSSR count). The van der Waals surface area contributed by atoms with E-state index in [1.54, 1.807) is 13.0 Å². The van der Waals surface area contributed by atoms with Gasteiger partial charge in [0.2, 0.25) is 0 Å². The van der Waals surface area contributed by atoms with E-state index in [9.17, 15) is 8.42 Å². The number of aromatic nitrogens is 2. The maximum absolute atomic E-state index is 12.3. The number of nitrogens with zero attached hydrogens (tertiary/aromatic N) is 3. The molecule has 1 N–H and O–H groups in total. The topological polar surface area (TPSA) is 75.2 Å². The fourth-order valence-electron chi connectivity index (χ4n) is 1.78. The average molecular weight is 293 g/mol. The van der Waals surface area contributed by atoms with Gasteiger partial charge >= 0.3 is 0 Å². The molecule has 6 nitrogen and oxygen atoms in total. The molecule has 0 spiro atoms. The largest absolute Gasteiger partial charge is 0.312 e. The molecule has 18 heavy (non-hydrogen) atoms. The SMILES string of the molecule is Cc1ccnc(S(=O)(=O)N2CCNC(C)C2)n1.Cl. The molecule has 1 unspecified atom stereocenters. The smallest absolute Gasteiger partial charge is 0.278 e. The fourth-order valence-corrected chi connectivity index (χ4v) is 3.22. The van der Waals surface area contributed by atoms with Gasteiger partial charge in [0.25, 0.3) is 15.2 Å². The third kappa shape index (κ3) is 3.17. The molecule has 0 saturated carbocycles. The van der Waals surface area contributed by atoms with Crippen LogP contribution in [0, 0.1) is 6.92 Å². The Balaban J connectivity index is 0.00000162. The normalized spacial score (nSPS) is 21.3. The van der Waals surface area contributed by atoms with Crippen molar-refractivity contribution in [3.8, 4) is 0 Å². The third-order valence-electron chi connectivity index (χ3n) is 2.67. The van der Waals surface area contributed by atoms with E-state index in [1.165, 1.54) is 10.5 Å². The molecule has 1 aliphatic heterocycles. The van der Waals surface area contributed by atoms with Crippen LogP contribution in [0.4, 0.5) is 0 Å². The highest BCUT2D eigenvalue weighted by molar-refractivity contribution is 7.88. The first kappa shape index (κ1) is 15.3. The minimum atomic E-state index is -3.55. The van der Waals surface area contributed by atoms with Crippen molar-refractivity contribution in [3.63, 3.8) is 0 Å². The number of sulfonamides is 1. The molecule has 1 aromatic heterocycles. The molecular formula is C10H17ClN4O2S. The maximum Gasteiger partial charge on any atom is 0.278 e. The molecule has 1 aliphatic rings. The van der Waals surface area contributed by atoms with Gasteiger partial charge in [-0.3, -0.25) is 0 Å². The maximum atomic E-state index is 12.3. The molecule has 1 atom stereocenters. The van der Waals surface area contributed by atoms with Crippen molar-refractivity contribution in [1.82, 2.24) is 19.6 Å². The van der Waals surface area contributed by atoms with Crippen molar-refractivity contribution >= 4 is 22.4 Å². The predicted molar refractivity (Wildman–Crippen MR) is 70.2 cm³/mol. The molecule has 0 radical (unpaired) electrons. The minimum Gasteiger partial charge on any atom is -0.312 e. The highest BCUT2D eigenvalue weighted by Gasteiger charge is 2.30. The van der Waals surface area contributed by atoms with Crippen LogP contribution in [0.2, 0.25) is 0 Å². The zero-order chi connectivity index (χ0) is 12.5. The summed E-state index contributed by atoms with van der Waals surface area (Å²) in [7, 11) is -3.55. The van der Waals surface area contributed by atoms with Gasteiger partial charge in [0.05, 0.1) is 0 Å². The third-order valence-corrected chi connectivity index (χ3v) is 4.34. The Bertz CT molecular complexity index is 508. The van der Waals surface area contributed by atoms with Gasteiger partial charge in [-0.2, -0.15) is 4.31 Å². The Labute approximate surface area is 113 Å². The van der Waals surface area contributed by atoms with Gasteiger partial charge in [-0.15, -0.1) is 12.4 Å². The Morgan fingerprint density at radius 3 is 2.83 bits per heavy atom. The van der Waals surface area contributed by atoms with E-state index >= 15 is 0 Å². The lowest BCUT2D eigenvalue weighted by Gasteiger charge is -2.30. The molecule has 0 amide bonds. The number of hydrogen-bond donors (Lipinski definition) is 1. The fraction of sp³-hybridized carbons (Fsp3) is 0.600. The van der Waals surface area contributed by atoms with Crippen LogP contribution in [0.5, 0.6) is 0 Å². The Morgan fingerprint density at radius 1 is 1.50 bits per heavy atom. The van der Waals surface area contributed by atoms with Gasteiger partial charge in [-0.1, -0.05) is 0 Å². The van der Waals surface area contributed by atoms with Crippen molar-refractivity contribution in [1.29, 1.82) is 0 Å². The standard InChI is InChI=1S/C10H16N4O2S.ClH/c1-8-3-4-12-10(13-8)17(15,16)14-6-5-11-9(2)7-14;/h3-4,9,11H,5-7H2,1-2H3;1H. The number of rotatable bonds is 2. The van der Waals surface area contributed by atoms with E-state index in [4.69, 9.17) is 0 Å². The Morgan fingerprint density at radius 2 is 2.22 bits per heavy atom. The monoisotopic (exact) mass is 292 g/mol. The summed E-state index contributed by atoms with van der Waals surface area (Å²) in [5.41, 5.74) is 0.654. The number of hydrogen-bond acceptors (Lipinski definition) is 5. The summed E-state index contributed by atoms with van der Waals surface area (Å²) in [4.78, 5) is 7.83. The summed E-state index contributed by atoms with van der Waals surface area (Å²) in [6, 6.07) is 1.84. The van der Waals surface area contributed by atoms with Crippen LogP contribution >= 0.6 is 12.4 Å². The van der Waals surface area contributed by atoms with E-state index in [2.05, 4.69) is 15.3 Å². The summed E-state index contributed by atoms with van der Waals surface area (Å²) >= 11 is 0. The number of halogens is 1. The van der Waals surface area contributed by atoms with E-state index in [1.807, 2.05) is 6.92 Å². The van der Waals surface area contributed by atoms with E-state index in [0.717, 1.165) is 0 Å². The predicted octanol–water partition coefficient (Wildman–Crippen LogP) is 0.189. The van der Waals surface area contributed by atoms with Crippen LogP contribution in [0.1, 0.15) is 12.6 Å². The molecule has 0 aromatic carbocycles. The van der Waals surface area contributed by atoms with Gasteiger partial charge in [0.15, 0.2) is 0 Å². The highest BCUT2D eigenvalue weighted by atomic mass is 35.5.